The number of hydrogen-bond donors (Lipinski definition) is 2. The third-order valence-electron chi connectivity index (χ3n) is 4.03. The van der Waals surface area contributed by atoms with E-state index in [0.29, 0.717) is 12.1 Å². The molecule has 1 saturated carbocycles. The second-order valence-electron chi connectivity index (χ2n) is 6.01. The molecule has 2 unspecified atom stereocenters. The lowest BCUT2D eigenvalue weighted by Crippen LogP contribution is -2.20. The fourth-order valence-corrected chi connectivity index (χ4v) is 2.55. The van der Waals surface area contributed by atoms with E-state index in [9.17, 15) is 27.2 Å². The molecule has 2 amide bonds. The van der Waals surface area contributed by atoms with E-state index in [-0.39, 0.29) is 11.6 Å². The molecule has 0 spiro atoms. The number of carbonyl (C=O) groups is 2. The van der Waals surface area contributed by atoms with Crippen molar-refractivity contribution in [1.29, 1.82) is 0 Å². The average Bonchev–Trinajstić information content (AvgIpc) is 3.37. The third-order valence-corrected chi connectivity index (χ3v) is 4.03. The third kappa shape index (κ3) is 4.19. The molecule has 0 aromatic heterocycles. The Morgan fingerprint density at radius 3 is 2.04 bits per heavy atom. The number of hydrogen-bond acceptors (Lipinski definition) is 2. The molecular weight excluding hydrogens is 352 g/mol. The second-order valence-corrected chi connectivity index (χ2v) is 6.01. The second kappa shape index (κ2) is 6.78. The first kappa shape index (κ1) is 17.9. The van der Waals surface area contributed by atoms with Crippen LogP contribution in [0.15, 0.2) is 48.5 Å². The molecule has 26 heavy (non-hydrogen) atoms. The molecule has 2 aromatic rings. The number of amides is 2. The highest BCUT2D eigenvalue weighted by Crippen LogP contribution is 2.40. The summed E-state index contributed by atoms with van der Waals surface area (Å²) in [6.07, 6.45) is -4.20. The molecule has 0 saturated heterocycles. The predicted molar refractivity (Wildman–Crippen MR) is 86.7 cm³/mol. The van der Waals surface area contributed by atoms with Gasteiger partial charge in [-0.1, -0.05) is 6.07 Å². The first-order valence-corrected chi connectivity index (χ1v) is 7.78. The maximum Gasteiger partial charge on any atom is 0.416 e. The maximum absolute atomic E-state index is 12.8. The fourth-order valence-electron chi connectivity index (χ4n) is 2.55. The van der Waals surface area contributed by atoms with E-state index in [1.54, 1.807) is 0 Å². The number of benzene rings is 2. The lowest BCUT2D eigenvalue weighted by molar-refractivity contribution is -0.137. The normalized spacial score (nSPS) is 18.9. The van der Waals surface area contributed by atoms with Crippen molar-refractivity contribution in [2.24, 2.45) is 11.8 Å². The van der Waals surface area contributed by atoms with E-state index in [2.05, 4.69) is 10.6 Å². The summed E-state index contributed by atoms with van der Waals surface area (Å²) in [6.45, 7) is 0. The maximum atomic E-state index is 12.8. The van der Waals surface area contributed by atoms with Crippen LogP contribution in [-0.2, 0) is 15.8 Å². The zero-order chi connectivity index (χ0) is 18.9. The molecule has 0 heterocycles. The Morgan fingerprint density at radius 2 is 1.46 bits per heavy atom. The van der Waals surface area contributed by atoms with Crippen LogP contribution in [0.1, 0.15) is 12.0 Å². The van der Waals surface area contributed by atoms with Gasteiger partial charge in [-0.05, 0) is 48.9 Å². The van der Waals surface area contributed by atoms with Gasteiger partial charge < -0.3 is 10.6 Å². The van der Waals surface area contributed by atoms with Crippen molar-refractivity contribution in [2.75, 3.05) is 10.6 Å². The zero-order valence-corrected chi connectivity index (χ0v) is 13.3. The van der Waals surface area contributed by atoms with Gasteiger partial charge in [-0.25, -0.2) is 4.39 Å². The van der Waals surface area contributed by atoms with Gasteiger partial charge in [-0.15, -0.1) is 0 Å². The first-order valence-electron chi connectivity index (χ1n) is 7.78. The lowest BCUT2D eigenvalue weighted by atomic mass is 10.2. The van der Waals surface area contributed by atoms with Gasteiger partial charge in [0.15, 0.2) is 0 Å². The van der Waals surface area contributed by atoms with Crippen molar-refractivity contribution >= 4 is 23.2 Å². The number of carbonyl (C=O) groups excluding carboxylic acids is 2. The smallest absolute Gasteiger partial charge is 0.326 e. The van der Waals surface area contributed by atoms with E-state index >= 15 is 0 Å². The number of rotatable bonds is 4. The van der Waals surface area contributed by atoms with E-state index in [1.165, 1.54) is 36.4 Å². The standard InChI is InChI=1S/C18H14F4N2O2/c19-11-4-6-12(7-5-11)23-16(25)14-9-15(14)17(26)24-13-3-1-2-10(8-13)18(20,21)22/h1-8,14-15H,9H2,(H,23,25)(H,24,26). The van der Waals surface area contributed by atoms with Gasteiger partial charge in [0.2, 0.25) is 11.8 Å². The minimum atomic E-state index is -4.50. The Morgan fingerprint density at radius 1 is 0.885 bits per heavy atom. The molecule has 1 aliphatic carbocycles. The van der Waals surface area contributed by atoms with Crippen LogP contribution in [0, 0.1) is 17.7 Å². The summed E-state index contributed by atoms with van der Waals surface area (Å²) in [5.74, 6) is -2.51. The quantitative estimate of drug-likeness (QED) is 0.802. The SMILES string of the molecule is O=C(Nc1ccc(F)cc1)C1CC1C(=O)Nc1cccc(C(F)(F)F)c1. The van der Waals surface area contributed by atoms with Crippen molar-refractivity contribution in [3.8, 4) is 0 Å². The lowest BCUT2D eigenvalue weighted by Gasteiger charge is -2.10. The van der Waals surface area contributed by atoms with Crippen LogP contribution < -0.4 is 10.6 Å². The largest absolute Gasteiger partial charge is 0.416 e. The van der Waals surface area contributed by atoms with Crippen LogP contribution in [0.3, 0.4) is 0 Å². The van der Waals surface area contributed by atoms with Gasteiger partial charge >= 0.3 is 6.18 Å². The zero-order valence-electron chi connectivity index (χ0n) is 13.3. The van der Waals surface area contributed by atoms with Gasteiger partial charge in [-0.2, -0.15) is 13.2 Å². The molecule has 3 rings (SSSR count). The Hall–Kier alpha value is -2.90. The summed E-state index contributed by atoms with van der Waals surface area (Å²) in [6, 6.07) is 9.48. The molecule has 0 radical (unpaired) electrons. The minimum absolute atomic E-state index is 0.0226. The molecule has 1 aliphatic rings. The number of nitrogens with one attached hydrogen (secondary N) is 2. The molecule has 2 aromatic carbocycles. The Kier molecular flexibility index (Phi) is 4.67. The van der Waals surface area contributed by atoms with E-state index < -0.39 is 35.3 Å². The first-order chi connectivity index (χ1) is 12.2. The summed E-state index contributed by atoms with van der Waals surface area (Å²) >= 11 is 0. The molecule has 136 valence electrons. The van der Waals surface area contributed by atoms with Crippen molar-refractivity contribution in [3.63, 3.8) is 0 Å². The van der Waals surface area contributed by atoms with Crippen LogP contribution in [0.2, 0.25) is 0 Å². The highest BCUT2D eigenvalue weighted by Gasteiger charge is 2.48. The van der Waals surface area contributed by atoms with E-state index in [1.807, 2.05) is 0 Å². The topological polar surface area (TPSA) is 58.2 Å². The van der Waals surface area contributed by atoms with Crippen molar-refractivity contribution in [2.45, 2.75) is 12.6 Å². The minimum Gasteiger partial charge on any atom is -0.326 e. The number of halogens is 4. The van der Waals surface area contributed by atoms with E-state index in [0.717, 1.165) is 12.1 Å². The Labute approximate surface area is 146 Å². The molecular formula is C18H14F4N2O2. The number of anilines is 2. The van der Waals surface area contributed by atoms with Crippen LogP contribution in [0.4, 0.5) is 28.9 Å². The molecule has 0 aliphatic heterocycles. The Balaban J connectivity index is 1.57. The summed E-state index contributed by atoms with van der Waals surface area (Å²) in [5, 5.41) is 4.98. The molecule has 2 N–H and O–H groups in total. The van der Waals surface area contributed by atoms with Gasteiger partial charge in [0.25, 0.3) is 0 Å². The molecule has 8 heteroatoms. The van der Waals surface area contributed by atoms with Crippen LogP contribution in [0.5, 0.6) is 0 Å². The molecule has 1 fully saturated rings. The Bertz CT molecular complexity index is 834. The van der Waals surface area contributed by atoms with Gasteiger partial charge in [0, 0.05) is 11.4 Å². The summed E-state index contributed by atoms with van der Waals surface area (Å²) < 4.78 is 50.9. The van der Waals surface area contributed by atoms with Crippen molar-refractivity contribution in [1.82, 2.24) is 0 Å². The van der Waals surface area contributed by atoms with Crippen LogP contribution in [0.25, 0.3) is 0 Å². The van der Waals surface area contributed by atoms with Crippen molar-refractivity contribution in [3.05, 3.63) is 59.9 Å². The van der Waals surface area contributed by atoms with Gasteiger partial charge in [0.1, 0.15) is 5.82 Å². The average molecular weight is 366 g/mol. The predicted octanol–water partition coefficient (Wildman–Crippen LogP) is 4.06. The van der Waals surface area contributed by atoms with Gasteiger partial charge in [0.05, 0.1) is 17.4 Å². The molecule has 2 atom stereocenters. The summed E-state index contributed by atoms with van der Waals surface area (Å²) in [7, 11) is 0. The number of alkyl halides is 3. The summed E-state index contributed by atoms with van der Waals surface area (Å²) in [4.78, 5) is 24.2. The molecule has 0 bridgehead atoms. The van der Waals surface area contributed by atoms with Crippen molar-refractivity contribution < 1.29 is 27.2 Å². The van der Waals surface area contributed by atoms with E-state index in [4.69, 9.17) is 0 Å². The van der Waals surface area contributed by atoms with Gasteiger partial charge in [-0.3, -0.25) is 9.59 Å². The highest BCUT2D eigenvalue weighted by atomic mass is 19.4. The fraction of sp³-hybridized carbons (Fsp3) is 0.222. The van der Waals surface area contributed by atoms with Crippen LogP contribution >= 0.6 is 0 Å². The van der Waals surface area contributed by atoms with Crippen LogP contribution in [-0.4, -0.2) is 11.8 Å². The molecule has 4 nitrogen and oxygen atoms in total. The monoisotopic (exact) mass is 366 g/mol. The summed E-state index contributed by atoms with van der Waals surface area (Å²) in [5.41, 5.74) is -0.438. The highest BCUT2D eigenvalue weighted by molar-refractivity contribution is 6.03.